The fourth-order valence-electron chi connectivity index (χ4n) is 1.77. The van der Waals surface area contributed by atoms with Crippen LogP contribution in [0, 0.1) is 11.6 Å². The molecule has 3 heteroatoms. The highest BCUT2D eigenvalue weighted by Gasteiger charge is 2.19. The molecule has 0 heterocycles. The molecule has 0 aliphatic heterocycles. The predicted molar refractivity (Wildman–Crippen MR) is 60.3 cm³/mol. The fourth-order valence-corrected chi connectivity index (χ4v) is 1.77. The molecular formula is C13H17F2N. The minimum absolute atomic E-state index is 0.295. The van der Waals surface area contributed by atoms with Gasteiger partial charge < -0.3 is 5.32 Å². The molecule has 2 rings (SSSR count). The maximum Gasteiger partial charge on any atom is 0.126 e. The van der Waals surface area contributed by atoms with Gasteiger partial charge in [-0.3, -0.25) is 0 Å². The number of aryl methyl sites for hydroxylation is 1. The monoisotopic (exact) mass is 225 g/mol. The molecule has 1 fully saturated rings. The number of hydrogen-bond acceptors (Lipinski definition) is 1. The molecule has 0 aromatic heterocycles. The Labute approximate surface area is 94.9 Å². The van der Waals surface area contributed by atoms with Crippen molar-refractivity contribution in [3.8, 4) is 0 Å². The summed E-state index contributed by atoms with van der Waals surface area (Å²) in [6.07, 6.45) is 5.12. The van der Waals surface area contributed by atoms with Crippen molar-refractivity contribution in [3.05, 3.63) is 35.4 Å². The third kappa shape index (κ3) is 3.56. The molecule has 0 amide bonds. The molecule has 1 aliphatic rings. The second kappa shape index (κ2) is 5.39. The summed E-state index contributed by atoms with van der Waals surface area (Å²) < 4.78 is 26.1. The minimum Gasteiger partial charge on any atom is -0.314 e. The van der Waals surface area contributed by atoms with Gasteiger partial charge in [0.1, 0.15) is 11.6 Å². The molecule has 0 atom stereocenters. The van der Waals surface area contributed by atoms with E-state index in [4.69, 9.17) is 0 Å². The molecule has 88 valence electrons. The SMILES string of the molecule is Fc1ccc(F)c(CCCCNC2CC2)c1. The lowest BCUT2D eigenvalue weighted by molar-refractivity contribution is 0.570. The topological polar surface area (TPSA) is 12.0 Å². The standard InChI is InChI=1S/C13H17F2N/c14-11-4-7-13(15)10(9-11)3-1-2-8-16-12-5-6-12/h4,7,9,12,16H,1-3,5-6,8H2. The van der Waals surface area contributed by atoms with E-state index >= 15 is 0 Å². The molecule has 0 saturated heterocycles. The van der Waals surface area contributed by atoms with Crippen LogP contribution in [-0.2, 0) is 6.42 Å². The highest BCUT2D eigenvalue weighted by atomic mass is 19.1. The zero-order valence-electron chi connectivity index (χ0n) is 9.31. The largest absolute Gasteiger partial charge is 0.314 e. The molecule has 16 heavy (non-hydrogen) atoms. The number of benzene rings is 1. The summed E-state index contributed by atoms with van der Waals surface area (Å²) in [6, 6.07) is 4.38. The highest BCUT2D eigenvalue weighted by Crippen LogP contribution is 2.18. The Kier molecular flexibility index (Phi) is 3.88. The van der Waals surface area contributed by atoms with Gasteiger partial charge in [0.2, 0.25) is 0 Å². The van der Waals surface area contributed by atoms with E-state index in [0.717, 1.165) is 31.5 Å². The lowest BCUT2D eigenvalue weighted by Crippen LogP contribution is -2.17. The third-order valence-corrected chi connectivity index (χ3v) is 2.89. The lowest BCUT2D eigenvalue weighted by atomic mass is 10.1. The zero-order chi connectivity index (χ0) is 11.4. The van der Waals surface area contributed by atoms with Gasteiger partial charge in [-0.25, -0.2) is 8.78 Å². The van der Waals surface area contributed by atoms with Crippen molar-refractivity contribution in [2.45, 2.75) is 38.1 Å². The van der Waals surface area contributed by atoms with E-state index in [0.29, 0.717) is 12.0 Å². The van der Waals surface area contributed by atoms with Crippen molar-refractivity contribution in [1.82, 2.24) is 5.32 Å². The quantitative estimate of drug-likeness (QED) is 0.734. The van der Waals surface area contributed by atoms with E-state index < -0.39 is 0 Å². The van der Waals surface area contributed by atoms with Gasteiger partial charge in [-0.1, -0.05) is 0 Å². The van der Waals surface area contributed by atoms with Gasteiger partial charge >= 0.3 is 0 Å². The minimum atomic E-state index is -0.354. The smallest absolute Gasteiger partial charge is 0.126 e. The number of nitrogens with one attached hydrogen (secondary N) is 1. The van der Waals surface area contributed by atoms with Gasteiger partial charge in [-0.15, -0.1) is 0 Å². The first-order valence-corrected chi connectivity index (χ1v) is 5.93. The van der Waals surface area contributed by atoms with Crippen LogP contribution in [0.15, 0.2) is 18.2 Å². The number of rotatable bonds is 6. The van der Waals surface area contributed by atoms with Crippen LogP contribution in [-0.4, -0.2) is 12.6 Å². The van der Waals surface area contributed by atoms with Gasteiger partial charge in [0.15, 0.2) is 0 Å². The molecule has 1 aromatic rings. The maximum atomic E-state index is 13.2. The summed E-state index contributed by atoms with van der Waals surface area (Å²) in [4.78, 5) is 0. The van der Waals surface area contributed by atoms with Crippen molar-refractivity contribution in [3.63, 3.8) is 0 Å². The van der Waals surface area contributed by atoms with Crippen LogP contribution in [0.1, 0.15) is 31.2 Å². The lowest BCUT2D eigenvalue weighted by Gasteiger charge is -2.04. The molecule has 1 aliphatic carbocycles. The second-order valence-corrected chi connectivity index (χ2v) is 4.42. The highest BCUT2D eigenvalue weighted by molar-refractivity contribution is 5.18. The van der Waals surface area contributed by atoms with Crippen LogP contribution in [0.4, 0.5) is 8.78 Å². The molecule has 1 aromatic carbocycles. The van der Waals surface area contributed by atoms with Gasteiger partial charge in [0.05, 0.1) is 0 Å². The number of unbranched alkanes of at least 4 members (excludes halogenated alkanes) is 1. The third-order valence-electron chi connectivity index (χ3n) is 2.89. The number of hydrogen-bond donors (Lipinski definition) is 1. The summed E-state index contributed by atoms with van der Waals surface area (Å²) in [5, 5.41) is 3.40. The van der Waals surface area contributed by atoms with E-state index in [1.54, 1.807) is 0 Å². The summed E-state index contributed by atoms with van der Waals surface area (Å²) in [6.45, 7) is 0.988. The van der Waals surface area contributed by atoms with Crippen molar-refractivity contribution < 1.29 is 8.78 Å². The first kappa shape index (κ1) is 11.5. The van der Waals surface area contributed by atoms with Crippen molar-refractivity contribution in [2.24, 2.45) is 0 Å². The van der Waals surface area contributed by atoms with Crippen LogP contribution < -0.4 is 5.32 Å². The second-order valence-electron chi connectivity index (χ2n) is 4.42. The first-order chi connectivity index (χ1) is 7.75. The van der Waals surface area contributed by atoms with E-state index in [9.17, 15) is 8.78 Å². The van der Waals surface area contributed by atoms with E-state index in [1.807, 2.05) is 0 Å². The Bertz CT molecular complexity index is 348. The molecule has 1 N–H and O–H groups in total. The first-order valence-electron chi connectivity index (χ1n) is 5.93. The fraction of sp³-hybridized carbons (Fsp3) is 0.538. The van der Waals surface area contributed by atoms with Crippen molar-refractivity contribution in [2.75, 3.05) is 6.54 Å². The average Bonchev–Trinajstić information content (AvgIpc) is 3.06. The van der Waals surface area contributed by atoms with Gasteiger partial charge in [-0.2, -0.15) is 0 Å². The molecular weight excluding hydrogens is 208 g/mol. The summed E-state index contributed by atoms with van der Waals surface area (Å²) in [5.41, 5.74) is 0.492. The average molecular weight is 225 g/mol. The van der Waals surface area contributed by atoms with Gasteiger partial charge in [-0.05, 0) is 62.4 Å². The molecule has 0 unspecified atom stereocenters. The van der Waals surface area contributed by atoms with Crippen LogP contribution >= 0.6 is 0 Å². The van der Waals surface area contributed by atoms with Crippen LogP contribution in [0.3, 0.4) is 0 Å². The van der Waals surface area contributed by atoms with Crippen LogP contribution in [0.25, 0.3) is 0 Å². The Morgan fingerprint density at radius 2 is 2.00 bits per heavy atom. The van der Waals surface area contributed by atoms with Crippen molar-refractivity contribution >= 4 is 0 Å². The van der Waals surface area contributed by atoms with E-state index in [1.165, 1.54) is 25.0 Å². The molecule has 1 nitrogen and oxygen atoms in total. The van der Waals surface area contributed by atoms with E-state index in [-0.39, 0.29) is 11.6 Å². The normalized spacial score (nSPS) is 15.4. The molecule has 0 radical (unpaired) electrons. The Balaban J connectivity index is 1.69. The van der Waals surface area contributed by atoms with Gasteiger partial charge in [0, 0.05) is 6.04 Å². The van der Waals surface area contributed by atoms with Crippen LogP contribution in [0.5, 0.6) is 0 Å². The molecule has 1 saturated carbocycles. The van der Waals surface area contributed by atoms with Crippen molar-refractivity contribution in [1.29, 1.82) is 0 Å². The molecule has 0 spiro atoms. The zero-order valence-corrected chi connectivity index (χ0v) is 9.31. The Morgan fingerprint density at radius 3 is 2.75 bits per heavy atom. The Morgan fingerprint density at radius 1 is 1.19 bits per heavy atom. The summed E-state index contributed by atoms with van der Waals surface area (Å²) in [7, 11) is 0. The summed E-state index contributed by atoms with van der Waals surface area (Å²) in [5.74, 6) is -0.649. The summed E-state index contributed by atoms with van der Waals surface area (Å²) >= 11 is 0. The predicted octanol–water partition coefficient (Wildman–Crippen LogP) is 3.04. The van der Waals surface area contributed by atoms with Gasteiger partial charge in [0.25, 0.3) is 0 Å². The maximum absolute atomic E-state index is 13.2. The molecule has 0 bridgehead atoms. The number of halogens is 2. The Hall–Kier alpha value is -0.960. The van der Waals surface area contributed by atoms with E-state index in [2.05, 4.69) is 5.32 Å². The van der Waals surface area contributed by atoms with Crippen LogP contribution in [0.2, 0.25) is 0 Å².